The van der Waals surface area contributed by atoms with E-state index >= 15 is 0 Å². The number of hydrogen-bond acceptors (Lipinski definition) is 1. The van der Waals surface area contributed by atoms with Gasteiger partial charge < -0.3 is 4.74 Å². The lowest BCUT2D eigenvalue weighted by molar-refractivity contribution is -0.152. The molecule has 0 aromatic rings. The Morgan fingerprint density at radius 2 is 2.38 bits per heavy atom. The van der Waals surface area contributed by atoms with Gasteiger partial charge in [-0.3, -0.25) is 0 Å². The van der Waals surface area contributed by atoms with Gasteiger partial charge in [0, 0.05) is 0 Å². The summed E-state index contributed by atoms with van der Waals surface area (Å²) in [4.78, 5) is 0. The highest BCUT2D eigenvalue weighted by atomic mass is 19.3. The van der Waals surface area contributed by atoms with Gasteiger partial charge in [-0.1, -0.05) is 31.6 Å². The maximum absolute atomic E-state index is 12.0. The van der Waals surface area contributed by atoms with Crippen molar-refractivity contribution in [2.24, 2.45) is 0 Å². The van der Waals surface area contributed by atoms with Gasteiger partial charge in [-0.05, 0) is 18.4 Å². The van der Waals surface area contributed by atoms with E-state index in [0.29, 0.717) is 6.42 Å². The summed E-state index contributed by atoms with van der Waals surface area (Å²) in [6, 6.07) is 0. The van der Waals surface area contributed by atoms with Crippen LogP contribution in [0.15, 0.2) is 23.8 Å². The largest absolute Gasteiger partial charge is 0.345 e. The second kappa shape index (κ2) is 5.12. The molecule has 0 saturated heterocycles. The minimum absolute atomic E-state index is 0.412. The molecule has 0 amide bonds. The minimum Gasteiger partial charge on any atom is -0.315 e. The van der Waals surface area contributed by atoms with E-state index in [2.05, 4.69) is 4.74 Å². The van der Waals surface area contributed by atoms with Gasteiger partial charge in [0.05, 0.1) is 6.10 Å². The predicted octanol–water partition coefficient (Wildman–Crippen LogP) is 3.28. The van der Waals surface area contributed by atoms with Crippen molar-refractivity contribution < 1.29 is 13.5 Å². The fourth-order valence-corrected chi connectivity index (χ4v) is 1.45. The molecule has 0 spiro atoms. The number of alkyl halides is 2. The highest BCUT2D eigenvalue weighted by Gasteiger charge is 2.18. The molecule has 1 nitrogen and oxygen atoms in total. The summed E-state index contributed by atoms with van der Waals surface area (Å²) in [5.74, 6) is 0. The summed E-state index contributed by atoms with van der Waals surface area (Å²) < 4.78 is 28.4. The van der Waals surface area contributed by atoms with Crippen molar-refractivity contribution in [3.8, 4) is 0 Å². The van der Waals surface area contributed by atoms with Gasteiger partial charge >= 0.3 is 6.61 Å². The van der Waals surface area contributed by atoms with E-state index in [9.17, 15) is 8.78 Å². The van der Waals surface area contributed by atoms with Crippen LogP contribution in [-0.2, 0) is 4.74 Å². The Bertz CT molecular complexity index is 209. The Hall–Kier alpha value is -0.700. The van der Waals surface area contributed by atoms with Gasteiger partial charge in [-0.2, -0.15) is 8.78 Å². The van der Waals surface area contributed by atoms with Gasteiger partial charge in [0.15, 0.2) is 0 Å². The fourth-order valence-electron chi connectivity index (χ4n) is 1.45. The summed E-state index contributed by atoms with van der Waals surface area (Å²) in [7, 11) is 0. The standard InChI is InChI=1S/C10H14F2O/c1-2-5-8-6-3-4-7-9(8)13-10(11)12/h3-4,6,9-10H,2,5,7H2,1H3. The van der Waals surface area contributed by atoms with Crippen LogP contribution in [0.2, 0.25) is 0 Å². The molecule has 0 fully saturated rings. The van der Waals surface area contributed by atoms with Crippen LogP contribution in [0.5, 0.6) is 0 Å². The van der Waals surface area contributed by atoms with E-state index in [1.54, 1.807) is 0 Å². The van der Waals surface area contributed by atoms with Gasteiger partial charge in [0.2, 0.25) is 0 Å². The van der Waals surface area contributed by atoms with E-state index in [1.807, 2.05) is 25.2 Å². The summed E-state index contributed by atoms with van der Waals surface area (Å²) in [5, 5.41) is 0. The summed E-state index contributed by atoms with van der Waals surface area (Å²) >= 11 is 0. The monoisotopic (exact) mass is 188 g/mol. The number of halogens is 2. The molecule has 1 aliphatic rings. The van der Waals surface area contributed by atoms with Crippen molar-refractivity contribution in [1.29, 1.82) is 0 Å². The Balaban J connectivity index is 2.53. The molecule has 0 aromatic heterocycles. The lowest BCUT2D eigenvalue weighted by atomic mass is 9.98. The number of hydrogen-bond donors (Lipinski definition) is 0. The first-order chi connectivity index (χ1) is 6.24. The SMILES string of the molecule is CCCC1=CC=CCC1OC(F)F. The van der Waals surface area contributed by atoms with Gasteiger partial charge in [0.25, 0.3) is 0 Å². The van der Waals surface area contributed by atoms with Gasteiger partial charge in [-0.25, -0.2) is 0 Å². The molecule has 0 aliphatic heterocycles. The third-order valence-electron chi connectivity index (χ3n) is 2.02. The van der Waals surface area contributed by atoms with E-state index in [1.165, 1.54) is 0 Å². The van der Waals surface area contributed by atoms with Crippen LogP contribution in [0.25, 0.3) is 0 Å². The molecule has 0 heterocycles. The molecule has 1 aliphatic carbocycles. The van der Waals surface area contributed by atoms with Crippen molar-refractivity contribution in [3.63, 3.8) is 0 Å². The maximum Gasteiger partial charge on any atom is 0.345 e. The van der Waals surface area contributed by atoms with Crippen LogP contribution in [0.1, 0.15) is 26.2 Å². The lowest BCUT2D eigenvalue weighted by Gasteiger charge is -2.21. The van der Waals surface area contributed by atoms with Crippen LogP contribution >= 0.6 is 0 Å². The first-order valence-corrected chi connectivity index (χ1v) is 4.53. The van der Waals surface area contributed by atoms with Crippen molar-refractivity contribution in [2.75, 3.05) is 0 Å². The third kappa shape index (κ3) is 3.27. The molecule has 0 saturated carbocycles. The fraction of sp³-hybridized carbons (Fsp3) is 0.600. The normalized spacial score (nSPS) is 22.2. The van der Waals surface area contributed by atoms with Crippen LogP contribution < -0.4 is 0 Å². The first-order valence-electron chi connectivity index (χ1n) is 4.53. The Morgan fingerprint density at radius 1 is 1.62 bits per heavy atom. The number of allylic oxidation sites excluding steroid dienone is 2. The first kappa shape index (κ1) is 10.4. The third-order valence-corrected chi connectivity index (χ3v) is 2.02. The zero-order chi connectivity index (χ0) is 9.68. The molecule has 0 bridgehead atoms. The Labute approximate surface area is 77.1 Å². The highest BCUT2D eigenvalue weighted by Crippen LogP contribution is 2.22. The van der Waals surface area contributed by atoms with Crippen molar-refractivity contribution in [1.82, 2.24) is 0 Å². The molecule has 74 valence electrons. The van der Waals surface area contributed by atoms with E-state index in [-0.39, 0.29) is 0 Å². The average Bonchev–Trinajstić information content (AvgIpc) is 2.08. The number of rotatable bonds is 4. The summed E-state index contributed by atoms with van der Waals surface area (Å²) in [6.07, 6.45) is 7.58. The Morgan fingerprint density at radius 3 is 3.00 bits per heavy atom. The summed E-state index contributed by atoms with van der Waals surface area (Å²) in [5.41, 5.74) is 0.977. The highest BCUT2D eigenvalue weighted by molar-refractivity contribution is 5.22. The molecule has 0 aromatic carbocycles. The molecule has 1 rings (SSSR count). The Kier molecular flexibility index (Phi) is 4.09. The van der Waals surface area contributed by atoms with Crippen molar-refractivity contribution >= 4 is 0 Å². The molecule has 0 N–H and O–H groups in total. The molecule has 1 unspecified atom stereocenters. The maximum atomic E-state index is 12.0. The van der Waals surface area contributed by atoms with E-state index < -0.39 is 12.7 Å². The number of ether oxygens (including phenoxy) is 1. The minimum atomic E-state index is -2.67. The molecular formula is C10H14F2O. The predicted molar refractivity (Wildman–Crippen MR) is 47.6 cm³/mol. The molecule has 3 heteroatoms. The molecular weight excluding hydrogens is 174 g/mol. The van der Waals surface area contributed by atoms with Crippen LogP contribution in [0, 0.1) is 0 Å². The zero-order valence-electron chi connectivity index (χ0n) is 7.67. The van der Waals surface area contributed by atoms with E-state index in [4.69, 9.17) is 0 Å². The van der Waals surface area contributed by atoms with Gasteiger partial charge in [-0.15, -0.1) is 0 Å². The molecule has 0 radical (unpaired) electrons. The van der Waals surface area contributed by atoms with Crippen LogP contribution in [0.4, 0.5) is 8.78 Å². The average molecular weight is 188 g/mol. The zero-order valence-corrected chi connectivity index (χ0v) is 7.67. The lowest BCUT2D eigenvalue weighted by Crippen LogP contribution is -2.19. The second-order valence-corrected chi connectivity index (χ2v) is 3.04. The smallest absolute Gasteiger partial charge is 0.315 e. The van der Waals surface area contributed by atoms with Crippen LogP contribution in [0.3, 0.4) is 0 Å². The van der Waals surface area contributed by atoms with Crippen LogP contribution in [-0.4, -0.2) is 12.7 Å². The van der Waals surface area contributed by atoms with Crippen molar-refractivity contribution in [3.05, 3.63) is 23.8 Å². The summed E-state index contributed by atoms with van der Waals surface area (Å²) in [6.45, 7) is -0.643. The second-order valence-electron chi connectivity index (χ2n) is 3.04. The van der Waals surface area contributed by atoms with E-state index in [0.717, 1.165) is 18.4 Å². The quantitative estimate of drug-likeness (QED) is 0.657. The topological polar surface area (TPSA) is 9.23 Å². The molecule has 1 atom stereocenters. The van der Waals surface area contributed by atoms with Gasteiger partial charge in [0.1, 0.15) is 0 Å². The molecule has 13 heavy (non-hydrogen) atoms. The van der Waals surface area contributed by atoms with Crippen molar-refractivity contribution in [2.45, 2.75) is 38.9 Å².